The monoisotopic (exact) mass is 1750 g/mol. The molecule has 6 N–H and O–H groups in total. The van der Waals surface area contributed by atoms with Gasteiger partial charge in [-0.3, -0.25) is 9.97 Å². The first-order chi connectivity index (χ1) is 63.5. The molecule has 8 aromatic carbocycles. The van der Waals surface area contributed by atoms with Crippen molar-refractivity contribution in [2.75, 3.05) is 172 Å². The topological polar surface area (TPSA) is 262 Å². The zero-order chi connectivity index (χ0) is 89.4. The van der Waals surface area contributed by atoms with Crippen molar-refractivity contribution in [2.24, 2.45) is 0 Å². The van der Waals surface area contributed by atoms with Crippen molar-refractivity contribution >= 4 is 135 Å². The molecule has 4 fully saturated rings. The fourth-order valence-electron chi connectivity index (χ4n) is 16.4. The molecule has 130 heavy (non-hydrogen) atoms. The molecule has 0 amide bonds. The molecule has 4 saturated heterocycles. The Kier molecular flexibility index (Phi) is 27.9. The van der Waals surface area contributed by atoms with Crippen LogP contribution in [-0.2, 0) is 19.3 Å². The zero-order valence-corrected chi connectivity index (χ0v) is 74.9. The number of hydrogen-bond acceptors (Lipinski definition) is 26. The highest BCUT2D eigenvalue weighted by Gasteiger charge is 2.22. The Morgan fingerprint density at radius 3 is 1.15 bits per heavy atom. The number of benzene rings is 8. The van der Waals surface area contributed by atoms with Crippen molar-refractivity contribution in [3.05, 3.63) is 317 Å². The van der Waals surface area contributed by atoms with E-state index in [-0.39, 0.29) is 11.6 Å². The minimum absolute atomic E-state index is 0.255. The molecule has 0 spiro atoms. The number of likely N-dealkylation sites (N-methyl/N-ethyl adjacent to an activating group) is 3. The second-order valence-electron chi connectivity index (χ2n) is 33.2. The van der Waals surface area contributed by atoms with Crippen LogP contribution in [-0.4, -0.2) is 206 Å². The normalized spacial score (nSPS) is 14.4. The number of aromatic nitrogens is 13. The van der Waals surface area contributed by atoms with E-state index < -0.39 is 0 Å². The van der Waals surface area contributed by atoms with E-state index in [0.29, 0.717) is 53.1 Å². The van der Waals surface area contributed by atoms with Crippen LogP contribution in [0.2, 0.25) is 5.02 Å². The first-order valence-electron chi connectivity index (χ1n) is 44.1. The third-order valence-corrected chi connectivity index (χ3v) is 24.3. The number of nitrogens with zero attached hydrogens (tertiary/aromatic N) is 20. The van der Waals surface area contributed by atoms with Gasteiger partial charge >= 0.3 is 0 Å². The molecule has 0 unspecified atom stereocenters. The Bertz CT molecular complexity index is 6590. The number of fused-ring (bicyclic) bond motifs is 4. The van der Waals surface area contributed by atoms with E-state index in [1.807, 2.05) is 105 Å². The Balaban J connectivity index is 0.000000121. The summed E-state index contributed by atoms with van der Waals surface area (Å²) in [5, 5.41) is 41.6. The molecule has 16 aromatic rings. The molecule has 0 saturated carbocycles. The first kappa shape index (κ1) is 87.9. The molecular weight excluding hydrogens is 1650 g/mol. The lowest BCUT2D eigenvalue weighted by atomic mass is 10.1. The van der Waals surface area contributed by atoms with E-state index in [0.717, 1.165) is 228 Å². The van der Waals surface area contributed by atoms with Gasteiger partial charge in [-0.25, -0.2) is 43.7 Å². The summed E-state index contributed by atoms with van der Waals surface area (Å²) < 4.78 is 27.8. The van der Waals surface area contributed by atoms with Crippen LogP contribution in [0, 0.1) is 39.3 Å². The van der Waals surface area contributed by atoms with Crippen molar-refractivity contribution < 1.29 is 8.78 Å². The standard InChI is InChI=1S/C26H27FN6.C25H26ClN7.C25H25FN6.C25H27N7/c1-18-22(27)8-7-21-23(9-11-29-26(18)21)30-24-10-12-28-25(31-24)17-19-3-5-20(6-4-19)33-15-13-32(2)14-16-33;1-17-4-3-5-19-21(16-28-31-25(17)19)29-23-8-9-27-24(30-23)15-18-6-7-22(20(26)14-18)33-12-10-32(2)11-13-33;1-17-21(26)7-6-20-22(8-10-29-25(17)20)30-23-9-11-28-24(31-23)16-18-2-4-19(5-3-18)32-14-12-27-13-15-32;1-18-5-3-6-21-22(17-26-30-25(18)21)28-24-8-4-7-23(29-24)27-19-9-11-20(12-10-19)32-15-13-31(2)14-16-32/h3-12H,13-17H2,1-2H3,(H,28,29,30,31);3-9,14,16H,10-13,15H2,1-2H3,(H,27,29,30,31);2-11,27H,12-16H2,1H3,(H,28,29,30,31);3-12,17H,13-16H2,1-2H3,(H2,27,28,29,30). The number of rotatable bonds is 20. The van der Waals surface area contributed by atoms with Crippen LogP contribution in [0.1, 0.15) is 56.4 Å². The third-order valence-electron chi connectivity index (χ3n) is 24.0. The molecule has 20 rings (SSSR count). The molecule has 0 atom stereocenters. The number of anilines is 14. The molecule has 4 aliphatic heterocycles. The lowest BCUT2D eigenvalue weighted by Gasteiger charge is -2.34. The first-order valence-corrected chi connectivity index (χ1v) is 44.4. The second kappa shape index (κ2) is 41.3. The Hall–Kier alpha value is -14.2. The van der Waals surface area contributed by atoms with Gasteiger partial charge in [-0.05, 0) is 204 Å². The highest BCUT2D eigenvalue weighted by atomic mass is 35.5. The van der Waals surface area contributed by atoms with E-state index in [1.54, 1.807) is 69.4 Å². The molecule has 12 heterocycles. The van der Waals surface area contributed by atoms with Crippen LogP contribution in [0.4, 0.5) is 89.1 Å². The number of piperazine rings is 4. The summed E-state index contributed by atoms with van der Waals surface area (Å²) in [5.74, 6) is 5.35. The van der Waals surface area contributed by atoms with Crippen molar-refractivity contribution in [1.29, 1.82) is 0 Å². The van der Waals surface area contributed by atoms with Crippen LogP contribution >= 0.6 is 11.6 Å². The SMILES string of the molecule is Cc1c(F)ccc2c(Nc3ccnc(Cc4ccc(N5CCN(C)CC5)cc4)n3)ccnc12.Cc1c(F)ccc2c(Nc3ccnc(Cc4ccc(N5CCNCC5)cc4)n3)ccnc12.Cc1cccc2c(Nc3cccc(Nc4ccc(N5CCN(C)CC5)cc4)n3)cnnc12.Cc1cccc2c(Nc3ccnc(Cc4ccc(N5CCN(C)CC5)c(Cl)c4)n3)cnnc12. The molecule has 4 aliphatic rings. The molecule has 0 bridgehead atoms. The average molecular weight is 1760 g/mol. The summed E-state index contributed by atoms with van der Waals surface area (Å²) in [6.07, 6.45) is 14.0. The van der Waals surface area contributed by atoms with Gasteiger partial charge in [0.15, 0.2) is 0 Å². The Morgan fingerprint density at radius 2 is 0.708 bits per heavy atom. The number of halogens is 3. The molecule has 8 aromatic heterocycles. The summed E-state index contributed by atoms with van der Waals surface area (Å²) in [6, 6.07) is 66.0. The van der Waals surface area contributed by atoms with E-state index in [1.165, 1.54) is 40.3 Å². The predicted octanol–water partition coefficient (Wildman–Crippen LogP) is 17.8. The maximum atomic E-state index is 13.9. The van der Waals surface area contributed by atoms with Gasteiger partial charge in [0.25, 0.3) is 0 Å². The minimum Gasteiger partial charge on any atom is -0.369 e. The zero-order valence-electron chi connectivity index (χ0n) is 74.1. The van der Waals surface area contributed by atoms with E-state index in [4.69, 9.17) is 26.6 Å². The average Bonchev–Trinajstić information content (AvgIpc) is 0.804. The minimum atomic E-state index is -0.255. The quantitative estimate of drug-likeness (QED) is 0.0414. The van der Waals surface area contributed by atoms with Crippen molar-refractivity contribution in [3.8, 4) is 0 Å². The van der Waals surface area contributed by atoms with E-state index in [9.17, 15) is 8.78 Å². The number of pyridine rings is 3. The second-order valence-corrected chi connectivity index (χ2v) is 33.6. The molecule has 0 radical (unpaired) electrons. The van der Waals surface area contributed by atoms with Gasteiger partial charge in [0, 0.05) is 210 Å². The lowest BCUT2D eigenvalue weighted by molar-refractivity contribution is 0.313. The smallest absolute Gasteiger partial charge is 0.135 e. The Morgan fingerprint density at radius 1 is 0.338 bits per heavy atom. The van der Waals surface area contributed by atoms with Gasteiger partial charge in [0.05, 0.1) is 67.9 Å². The van der Waals surface area contributed by atoms with Gasteiger partial charge in [0.1, 0.15) is 58.2 Å². The maximum Gasteiger partial charge on any atom is 0.135 e. The predicted molar refractivity (Wildman–Crippen MR) is 522 cm³/mol. The highest BCUT2D eigenvalue weighted by Crippen LogP contribution is 2.35. The number of nitrogens with one attached hydrogen (secondary N) is 6. The summed E-state index contributed by atoms with van der Waals surface area (Å²) in [5.41, 5.74) is 19.1. The third kappa shape index (κ3) is 22.0. The molecule has 660 valence electrons. The van der Waals surface area contributed by atoms with Crippen LogP contribution < -0.4 is 51.5 Å². The summed E-state index contributed by atoms with van der Waals surface area (Å²) >= 11 is 6.65. The summed E-state index contributed by atoms with van der Waals surface area (Å²) in [7, 11) is 6.50. The maximum absolute atomic E-state index is 13.9. The van der Waals surface area contributed by atoms with Crippen molar-refractivity contribution in [1.82, 2.24) is 85.3 Å². The Labute approximate surface area is 760 Å². The fourth-order valence-corrected chi connectivity index (χ4v) is 16.8. The van der Waals surface area contributed by atoms with Gasteiger partial charge in [0.2, 0.25) is 0 Å². The van der Waals surface area contributed by atoms with Crippen LogP contribution in [0.5, 0.6) is 0 Å². The van der Waals surface area contributed by atoms with E-state index in [2.05, 4.69) is 223 Å². The van der Waals surface area contributed by atoms with Gasteiger partial charge in [-0.1, -0.05) is 84.4 Å². The molecular formula is C101H105ClF2N26. The highest BCUT2D eigenvalue weighted by molar-refractivity contribution is 6.33. The van der Waals surface area contributed by atoms with Crippen LogP contribution in [0.3, 0.4) is 0 Å². The van der Waals surface area contributed by atoms with Gasteiger partial charge in [-0.2, -0.15) is 20.4 Å². The lowest BCUT2D eigenvalue weighted by Crippen LogP contribution is -2.44. The van der Waals surface area contributed by atoms with Crippen LogP contribution in [0.15, 0.2) is 244 Å². The molecule has 0 aliphatic carbocycles. The number of hydrogen-bond donors (Lipinski definition) is 6. The summed E-state index contributed by atoms with van der Waals surface area (Å²) in [4.78, 5) is 57.5. The fraction of sp³-hybridized carbons (Fsp3) is 0.257. The van der Waals surface area contributed by atoms with Gasteiger partial charge < -0.3 is 66.2 Å². The summed E-state index contributed by atoms with van der Waals surface area (Å²) in [6.45, 7) is 24.4. The van der Waals surface area contributed by atoms with Crippen molar-refractivity contribution in [2.45, 2.75) is 47.0 Å². The number of aryl methyl sites for hydroxylation is 4. The van der Waals surface area contributed by atoms with Crippen LogP contribution in [0.25, 0.3) is 43.6 Å². The molecule has 26 nitrogen and oxygen atoms in total. The van der Waals surface area contributed by atoms with Gasteiger partial charge in [-0.15, -0.1) is 0 Å². The largest absolute Gasteiger partial charge is 0.369 e. The molecule has 29 heteroatoms. The van der Waals surface area contributed by atoms with E-state index >= 15 is 0 Å². The van der Waals surface area contributed by atoms with Crippen molar-refractivity contribution in [3.63, 3.8) is 0 Å².